The number of sulfonamides is 1. The quantitative estimate of drug-likeness (QED) is 0.215. The van der Waals surface area contributed by atoms with E-state index in [2.05, 4.69) is 78.7 Å². The highest BCUT2D eigenvalue weighted by Crippen LogP contribution is 2.39. The highest BCUT2D eigenvalue weighted by Gasteiger charge is 2.24. The molecule has 1 aliphatic heterocycles. The first-order chi connectivity index (χ1) is 20.9. The smallest absolute Gasteiger partial charge is 0.267 e. The maximum atomic E-state index is 13.3. The van der Waals surface area contributed by atoms with E-state index in [0.29, 0.717) is 17.4 Å². The van der Waals surface area contributed by atoms with E-state index in [-0.39, 0.29) is 28.6 Å². The summed E-state index contributed by atoms with van der Waals surface area (Å²) in [6, 6.07) is 14.2. The normalized spacial score (nSPS) is 14.1. The summed E-state index contributed by atoms with van der Waals surface area (Å²) >= 11 is 0. The molecule has 0 spiro atoms. The molecule has 2 aromatic heterocycles. The van der Waals surface area contributed by atoms with E-state index in [1.54, 1.807) is 13.1 Å². The van der Waals surface area contributed by atoms with Gasteiger partial charge in [-0.25, -0.2) is 18.1 Å². The summed E-state index contributed by atoms with van der Waals surface area (Å²) in [4.78, 5) is 11.6. The van der Waals surface area contributed by atoms with Gasteiger partial charge in [0, 0.05) is 56.7 Å². The van der Waals surface area contributed by atoms with Gasteiger partial charge in [-0.15, -0.1) is 0 Å². The van der Waals surface area contributed by atoms with Crippen LogP contribution in [-0.2, 0) is 17.1 Å². The molecule has 0 radical (unpaired) electrons. The Kier molecular flexibility index (Phi) is 9.26. The molecule has 0 aliphatic carbocycles. The molecule has 2 aromatic carbocycles. The van der Waals surface area contributed by atoms with Crippen molar-refractivity contribution in [3.63, 3.8) is 0 Å². The van der Waals surface area contributed by atoms with Gasteiger partial charge in [0.25, 0.3) is 10.0 Å². The fraction of sp³-hybridized carbons (Fsp3) is 0.424. The second-order valence-corrected chi connectivity index (χ2v) is 13.9. The second kappa shape index (κ2) is 13.0. The molecule has 44 heavy (non-hydrogen) atoms. The van der Waals surface area contributed by atoms with Gasteiger partial charge >= 0.3 is 0 Å². The summed E-state index contributed by atoms with van der Waals surface area (Å²) in [7, 11) is -2.33. The van der Waals surface area contributed by atoms with Crippen molar-refractivity contribution >= 4 is 21.7 Å². The molecule has 1 fully saturated rings. The molecular weight excluding hydrogens is 574 g/mol. The molecule has 0 unspecified atom stereocenters. The standard InChI is InChI=1S/C33H43N7O3S/c1-21(2)24-16-28(22(3)4)32(29(17-24)23(5)6)30-18-31(37-33(36-30)38-44(41,42)27-19-35-39(7)20-27)43-26-10-8-25(9-11-26)40-14-12-34-13-15-40/h8-11,16-23,34H,12-15H2,1-7H3,(H,36,37,38). The number of aromatic nitrogens is 4. The van der Waals surface area contributed by atoms with Crippen LogP contribution in [0.3, 0.4) is 0 Å². The number of hydrogen-bond donors (Lipinski definition) is 2. The summed E-state index contributed by atoms with van der Waals surface area (Å²) < 4.78 is 36.9. The predicted molar refractivity (Wildman–Crippen MR) is 175 cm³/mol. The molecule has 2 N–H and O–H groups in total. The van der Waals surface area contributed by atoms with E-state index in [0.717, 1.165) is 48.6 Å². The number of benzene rings is 2. The van der Waals surface area contributed by atoms with Crippen molar-refractivity contribution in [1.82, 2.24) is 25.1 Å². The Morgan fingerprint density at radius 1 is 0.886 bits per heavy atom. The first-order valence-corrected chi connectivity index (χ1v) is 16.7. The van der Waals surface area contributed by atoms with Crippen molar-refractivity contribution in [2.24, 2.45) is 7.05 Å². The molecule has 10 nitrogen and oxygen atoms in total. The third-order valence-electron chi connectivity index (χ3n) is 7.85. The Balaban J connectivity index is 1.60. The van der Waals surface area contributed by atoms with E-state index in [1.165, 1.54) is 22.6 Å². The summed E-state index contributed by atoms with van der Waals surface area (Å²) in [6.45, 7) is 16.8. The molecule has 5 rings (SSSR count). The Morgan fingerprint density at radius 3 is 2.07 bits per heavy atom. The lowest BCUT2D eigenvalue weighted by atomic mass is 9.83. The Hall–Kier alpha value is -3.96. The highest BCUT2D eigenvalue weighted by atomic mass is 32.2. The van der Waals surface area contributed by atoms with Gasteiger partial charge in [0.2, 0.25) is 11.8 Å². The van der Waals surface area contributed by atoms with Gasteiger partial charge in [0.1, 0.15) is 10.6 Å². The van der Waals surface area contributed by atoms with Crippen LogP contribution in [0.25, 0.3) is 11.3 Å². The minimum absolute atomic E-state index is 0.0204. The van der Waals surface area contributed by atoms with Crippen LogP contribution in [0, 0.1) is 0 Å². The lowest BCUT2D eigenvalue weighted by Crippen LogP contribution is -2.43. The fourth-order valence-corrected chi connectivity index (χ4v) is 6.31. The molecule has 11 heteroatoms. The van der Waals surface area contributed by atoms with E-state index in [9.17, 15) is 8.42 Å². The lowest BCUT2D eigenvalue weighted by molar-refractivity contribution is 0.463. The van der Waals surface area contributed by atoms with Gasteiger partial charge in [0.05, 0.1) is 11.9 Å². The fourth-order valence-electron chi connectivity index (χ4n) is 5.39. The maximum Gasteiger partial charge on any atom is 0.267 e. The number of hydrogen-bond acceptors (Lipinski definition) is 8. The van der Waals surface area contributed by atoms with Crippen LogP contribution in [0.4, 0.5) is 11.6 Å². The molecule has 3 heterocycles. The number of anilines is 2. The van der Waals surface area contributed by atoms with Crippen LogP contribution in [0.2, 0.25) is 0 Å². The Morgan fingerprint density at radius 2 is 1.52 bits per heavy atom. The van der Waals surface area contributed by atoms with Crippen LogP contribution in [-0.4, -0.2) is 54.3 Å². The summed E-state index contributed by atoms with van der Waals surface area (Å²) in [6.07, 6.45) is 2.73. The topological polar surface area (TPSA) is 114 Å². The van der Waals surface area contributed by atoms with E-state index >= 15 is 0 Å². The van der Waals surface area contributed by atoms with Crippen molar-refractivity contribution in [2.45, 2.75) is 64.2 Å². The number of nitrogens with one attached hydrogen (secondary N) is 2. The predicted octanol–water partition coefficient (Wildman–Crippen LogP) is 6.25. The molecule has 0 amide bonds. The van der Waals surface area contributed by atoms with Gasteiger partial charge in [-0.05, 0) is 58.7 Å². The van der Waals surface area contributed by atoms with Gasteiger partial charge < -0.3 is 15.0 Å². The summed E-state index contributed by atoms with van der Waals surface area (Å²) in [5.74, 6) is 1.52. The number of ether oxygens (including phenoxy) is 1. The SMILES string of the molecule is CC(C)c1cc(C(C)C)c(-c2cc(Oc3ccc(N4CCNCC4)cc3)nc(NS(=O)(=O)c3cnn(C)c3)n2)c(C(C)C)c1. The molecule has 234 valence electrons. The monoisotopic (exact) mass is 617 g/mol. The first-order valence-electron chi connectivity index (χ1n) is 15.2. The van der Waals surface area contributed by atoms with E-state index in [1.807, 2.05) is 24.3 Å². The van der Waals surface area contributed by atoms with Crippen molar-refractivity contribution in [3.05, 3.63) is 71.5 Å². The second-order valence-electron chi connectivity index (χ2n) is 12.2. The van der Waals surface area contributed by atoms with Crippen LogP contribution >= 0.6 is 0 Å². The molecule has 0 bridgehead atoms. The average molecular weight is 618 g/mol. The van der Waals surface area contributed by atoms with E-state index in [4.69, 9.17) is 9.72 Å². The van der Waals surface area contributed by atoms with E-state index < -0.39 is 10.0 Å². The van der Waals surface area contributed by atoms with Gasteiger partial charge in [-0.1, -0.05) is 53.7 Å². The average Bonchev–Trinajstić information content (AvgIpc) is 3.44. The van der Waals surface area contributed by atoms with Crippen LogP contribution in [0.1, 0.15) is 76.0 Å². The Labute approximate surface area is 260 Å². The highest BCUT2D eigenvalue weighted by molar-refractivity contribution is 7.92. The van der Waals surface area contributed by atoms with Crippen molar-refractivity contribution < 1.29 is 13.2 Å². The van der Waals surface area contributed by atoms with Crippen molar-refractivity contribution in [1.29, 1.82) is 0 Å². The third-order valence-corrected chi connectivity index (χ3v) is 9.13. The van der Waals surface area contributed by atoms with Crippen LogP contribution in [0.5, 0.6) is 11.6 Å². The molecule has 0 saturated carbocycles. The van der Waals surface area contributed by atoms with Crippen LogP contribution < -0.4 is 19.7 Å². The zero-order valence-electron chi connectivity index (χ0n) is 26.6. The molecule has 0 atom stereocenters. The Bertz CT molecular complexity index is 1680. The molecule has 1 aliphatic rings. The largest absolute Gasteiger partial charge is 0.439 e. The molecular formula is C33H43N7O3S. The van der Waals surface area contributed by atoms with Crippen LogP contribution in [0.15, 0.2) is 59.8 Å². The number of piperazine rings is 1. The van der Waals surface area contributed by atoms with Gasteiger partial charge in [-0.3, -0.25) is 4.68 Å². The molecule has 1 saturated heterocycles. The minimum atomic E-state index is -3.99. The number of nitrogens with zero attached hydrogens (tertiary/aromatic N) is 5. The van der Waals surface area contributed by atoms with Crippen molar-refractivity contribution in [3.8, 4) is 22.9 Å². The number of rotatable bonds is 10. The third kappa shape index (κ3) is 7.05. The molecule has 4 aromatic rings. The van der Waals surface area contributed by atoms with Gasteiger partial charge in [-0.2, -0.15) is 10.1 Å². The first kappa shape index (κ1) is 31.5. The minimum Gasteiger partial charge on any atom is -0.439 e. The zero-order valence-corrected chi connectivity index (χ0v) is 27.4. The zero-order chi connectivity index (χ0) is 31.6. The summed E-state index contributed by atoms with van der Waals surface area (Å²) in [5.41, 5.74) is 6.24. The van der Waals surface area contributed by atoms with Crippen molar-refractivity contribution in [2.75, 3.05) is 35.8 Å². The maximum absolute atomic E-state index is 13.3. The summed E-state index contributed by atoms with van der Waals surface area (Å²) in [5, 5.41) is 7.39. The van der Waals surface area contributed by atoms with Gasteiger partial charge in [0.15, 0.2) is 0 Å². The number of aryl methyl sites for hydroxylation is 1. The lowest BCUT2D eigenvalue weighted by Gasteiger charge is -2.29.